The average molecular weight is 345 g/mol. The summed E-state index contributed by atoms with van der Waals surface area (Å²) in [6, 6.07) is 7.54. The summed E-state index contributed by atoms with van der Waals surface area (Å²) in [7, 11) is 0.833. The smallest absolute Gasteiger partial charge is 0.242 e. The van der Waals surface area contributed by atoms with Crippen molar-refractivity contribution in [1.29, 1.82) is 0 Å². The minimum absolute atomic E-state index is 0. The van der Waals surface area contributed by atoms with Crippen LogP contribution < -0.4 is 5.73 Å². The zero-order valence-corrected chi connectivity index (χ0v) is 14.8. The lowest BCUT2D eigenvalue weighted by atomic mass is 9.81. The van der Waals surface area contributed by atoms with Crippen LogP contribution in [-0.4, -0.2) is 33.9 Å². The zero-order valence-electron chi connectivity index (χ0n) is 13.2. The quantitative estimate of drug-likeness (QED) is 0.912. The third kappa shape index (κ3) is 4.54. The van der Waals surface area contributed by atoms with Crippen molar-refractivity contribution in [3.8, 4) is 0 Å². The van der Waals surface area contributed by atoms with E-state index in [9.17, 15) is 9.00 Å². The predicted octanol–water partition coefficient (Wildman–Crippen LogP) is 2.47. The highest BCUT2D eigenvalue weighted by Gasteiger charge is 2.37. The molecule has 0 aromatic heterocycles. The molecule has 1 aliphatic rings. The van der Waals surface area contributed by atoms with E-state index in [1.807, 2.05) is 24.3 Å². The van der Waals surface area contributed by atoms with Crippen molar-refractivity contribution >= 4 is 29.1 Å². The molecule has 0 saturated heterocycles. The van der Waals surface area contributed by atoms with Crippen LogP contribution in [0.2, 0.25) is 0 Å². The molecule has 1 unspecified atom stereocenters. The number of hydrogen-bond donors (Lipinski definition) is 1. The number of halogens is 1. The number of amides is 1. The first kappa shape index (κ1) is 19.1. The molecule has 0 radical (unpaired) electrons. The normalized spacial score (nSPS) is 18.1. The monoisotopic (exact) mass is 344 g/mol. The van der Waals surface area contributed by atoms with Crippen molar-refractivity contribution in [3.05, 3.63) is 29.8 Å². The second-order valence-electron chi connectivity index (χ2n) is 5.98. The molecule has 2 rings (SSSR count). The molecule has 1 atom stereocenters. The fraction of sp³-hybridized carbons (Fsp3) is 0.562. The molecule has 1 saturated carbocycles. The fourth-order valence-electron chi connectivity index (χ4n) is 2.91. The maximum atomic E-state index is 12.6. The van der Waals surface area contributed by atoms with Gasteiger partial charge in [-0.1, -0.05) is 31.4 Å². The van der Waals surface area contributed by atoms with Gasteiger partial charge in [0.2, 0.25) is 5.91 Å². The van der Waals surface area contributed by atoms with Crippen LogP contribution in [0.25, 0.3) is 0 Å². The van der Waals surface area contributed by atoms with Gasteiger partial charge in [0.1, 0.15) is 0 Å². The highest BCUT2D eigenvalue weighted by Crippen LogP contribution is 2.27. The van der Waals surface area contributed by atoms with Crippen LogP contribution in [0.5, 0.6) is 0 Å². The number of nitrogens with two attached hydrogens (primary N) is 1. The lowest BCUT2D eigenvalue weighted by Gasteiger charge is -2.35. The highest BCUT2D eigenvalue weighted by atomic mass is 35.5. The van der Waals surface area contributed by atoms with Gasteiger partial charge in [-0.3, -0.25) is 9.00 Å². The van der Waals surface area contributed by atoms with Crippen LogP contribution in [0.4, 0.5) is 0 Å². The molecule has 6 heteroatoms. The maximum Gasteiger partial charge on any atom is 0.242 e. The molecular formula is C16H25ClN2O2S. The van der Waals surface area contributed by atoms with Gasteiger partial charge in [-0.25, -0.2) is 0 Å². The van der Waals surface area contributed by atoms with Gasteiger partial charge >= 0.3 is 0 Å². The van der Waals surface area contributed by atoms with Gasteiger partial charge < -0.3 is 10.6 Å². The maximum absolute atomic E-state index is 12.6. The molecule has 1 aromatic rings. The molecule has 0 bridgehead atoms. The molecule has 4 nitrogen and oxygen atoms in total. The van der Waals surface area contributed by atoms with Crippen molar-refractivity contribution in [2.45, 2.75) is 49.1 Å². The third-order valence-electron chi connectivity index (χ3n) is 4.19. The Bertz CT molecular complexity index is 527. The lowest BCUT2D eigenvalue weighted by molar-refractivity contribution is -0.137. The molecule has 1 fully saturated rings. The van der Waals surface area contributed by atoms with Gasteiger partial charge in [-0.15, -0.1) is 12.4 Å². The first-order valence-electron chi connectivity index (χ1n) is 7.39. The molecule has 0 spiro atoms. The van der Waals surface area contributed by atoms with Gasteiger partial charge in [0.25, 0.3) is 0 Å². The summed E-state index contributed by atoms with van der Waals surface area (Å²) in [5.74, 6) is 0.0327. The molecule has 1 aliphatic carbocycles. The van der Waals surface area contributed by atoms with E-state index in [0.717, 1.165) is 36.1 Å². The zero-order chi connectivity index (χ0) is 15.5. The van der Waals surface area contributed by atoms with E-state index in [-0.39, 0.29) is 18.3 Å². The minimum atomic E-state index is -0.970. The Morgan fingerprint density at radius 3 is 2.27 bits per heavy atom. The van der Waals surface area contributed by atoms with Crippen molar-refractivity contribution < 1.29 is 9.00 Å². The summed E-state index contributed by atoms with van der Waals surface area (Å²) in [6.07, 6.45) is 6.46. The van der Waals surface area contributed by atoms with Gasteiger partial charge in [0, 0.05) is 35.5 Å². The SMILES string of the molecule is CN(Cc1ccc(S(C)=O)cc1)C(=O)C1(N)CCCCC1.Cl. The second-order valence-corrected chi connectivity index (χ2v) is 7.36. The Labute approximate surface area is 141 Å². The standard InChI is InChI=1S/C16H24N2O2S.ClH/c1-18(15(19)16(17)10-4-3-5-11-16)12-13-6-8-14(9-7-13)21(2)20;/h6-9H,3-5,10-12,17H2,1-2H3;1H. The number of carbonyl (C=O) groups is 1. The molecule has 1 aromatic carbocycles. The van der Waals surface area contributed by atoms with E-state index in [1.54, 1.807) is 18.2 Å². The van der Waals surface area contributed by atoms with Crippen molar-refractivity contribution in [3.63, 3.8) is 0 Å². The van der Waals surface area contributed by atoms with Crippen molar-refractivity contribution in [2.24, 2.45) is 5.73 Å². The Kier molecular flexibility index (Phi) is 7.03. The van der Waals surface area contributed by atoms with E-state index < -0.39 is 16.3 Å². The first-order chi connectivity index (χ1) is 9.92. The molecule has 22 heavy (non-hydrogen) atoms. The van der Waals surface area contributed by atoms with Gasteiger partial charge in [0.15, 0.2) is 0 Å². The fourth-order valence-corrected chi connectivity index (χ4v) is 3.43. The number of likely N-dealkylation sites (N-methyl/N-ethyl adjacent to an activating group) is 1. The molecule has 2 N–H and O–H groups in total. The van der Waals surface area contributed by atoms with E-state index in [0.29, 0.717) is 6.54 Å². The van der Waals surface area contributed by atoms with Crippen LogP contribution in [-0.2, 0) is 22.1 Å². The molecule has 0 heterocycles. The highest BCUT2D eigenvalue weighted by molar-refractivity contribution is 7.84. The Morgan fingerprint density at radius 2 is 1.77 bits per heavy atom. The number of carbonyl (C=O) groups excluding carboxylic acids is 1. The molecule has 124 valence electrons. The summed E-state index contributed by atoms with van der Waals surface area (Å²) in [4.78, 5) is 15.1. The van der Waals surface area contributed by atoms with Crippen LogP contribution in [0.15, 0.2) is 29.2 Å². The van der Waals surface area contributed by atoms with Crippen LogP contribution >= 0.6 is 12.4 Å². The second kappa shape index (κ2) is 8.09. The van der Waals surface area contributed by atoms with Gasteiger partial charge in [0.05, 0.1) is 5.54 Å². The summed E-state index contributed by atoms with van der Waals surface area (Å²) < 4.78 is 11.4. The number of nitrogens with zero attached hydrogens (tertiary/aromatic N) is 1. The first-order valence-corrected chi connectivity index (χ1v) is 8.95. The lowest BCUT2D eigenvalue weighted by Crippen LogP contribution is -2.55. The molecule has 0 aliphatic heterocycles. The van der Waals surface area contributed by atoms with E-state index in [1.165, 1.54) is 6.42 Å². The molecule has 1 amide bonds. The van der Waals surface area contributed by atoms with E-state index in [4.69, 9.17) is 5.73 Å². The predicted molar refractivity (Wildman–Crippen MR) is 92.5 cm³/mol. The summed E-state index contributed by atoms with van der Waals surface area (Å²) in [5.41, 5.74) is 6.63. The van der Waals surface area contributed by atoms with Crippen LogP contribution in [0.3, 0.4) is 0 Å². The van der Waals surface area contributed by atoms with Crippen LogP contribution in [0.1, 0.15) is 37.7 Å². The van der Waals surface area contributed by atoms with Crippen LogP contribution in [0, 0.1) is 0 Å². The van der Waals surface area contributed by atoms with Crippen molar-refractivity contribution in [2.75, 3.05) is 13.3 Å². The summed E-state index contributed by atoms with van der Waals surface area (Å²) in [6.45, 7) is 0.536. The summed E-state index contributed by atoms with van der Waals surface area (Å²) in [5, 5.41) is 0. The Balaban J connectivity index is 0.00000242. The van der Waals surface area contributed by atoms with E-state index >= 15 is 0 Å². The van der Waals surface area contributed by atoms with Crippen molar-refractivity contribution in [1.82, 2.24) is 4.90 Å². The Hall–Kier alpha value is -0.910. The Morgan fingerprint density at radius 1 is 1.23 bits per heavy atom. The van der Waals surface area contributed by atoms with Gasteiger partial charge in [-0.05, 0) is 30.5 Å². The topological polar surface area (TPSA) is 63.4 Å². The minimum Gasteiger partial charge on any atom is -0.340 e. The molecular weight excluding hydrogens is 320 g/mol. The number of benzene rings is 1. The number of hydrogen-bond acceptors (Lipinski definition) is 3. The van der Waals surface area contributed by atoms with E-state index in [2.05, 4.69) is 0 Å². The largest absolute Gasteiger partial charge is 0.340 e. The number of rotatable bonds is 4. The summed E-state index contributed by atoms with van der Waals surface area (Å²) >= 11 is 0. The third-order valence-corrected chi connectivity index (χ3v) is 5.13. The average Bonchev–Trinajstić information content (AvgIpc) is 2.47. The van der Waals surface area contributed by atoms with Gasteiger partial charge in [-0.2, -0.15) is 0 Å².